The van der Waals surface area contributed by atoms with Crippen LogP contribution in [0.25, 0.3) is 0 Å². The molecule has 1 aliphatic carbocycles. The van der Waals surface area contributed by atoms with Crippen LogP contribution >= 0.6 is 12.4 Å². The molecule has 0 bridgehead atoms. The molecular formula is C16H27ClN2O5S. The molecule has 0 aromatic carbocycles. The van der Waals surface area contributed by atoms with Crippen LogP contribution in [0.5, 0.6) is 0 Å². The molecule has 1 aromatic heterocycles. The zero-order valence-corrected chi connectivity index (χ0v) is 16.5. The molecule has 2 unspecified atom stereocenters. The second-order valence-corrected chi connectivity index (χ2v) is 8.01. The monoisotopic (exact) mass is 394 g/mol. The molecule has 0 saturated heterocycles. The Hall–Kier alpha value is -1.09. The van der Waals surface area contributed by atoms with Crippen molar-refractivity contribution in [2.45, 2.75) is 56.4 Å². The molecule has 0 radical (unpaired) electrons. The van der Waals surface area contributed by atoms with E-state index < -0.39 is 21.5 Å². The van der Waals surface area contributed by atoms with Gasteiger partial charge in [0.15, 0.2) is 0 Å². The van der Waals surface area contributed by atoms with E-state index in [-0.39, 0.29) is 41.3 Å². The number of esters is 1. The molecule has 1 saturated carbocycles. The van der Waals surface area contributed by atoms with Crippen LogP contribution in [-0.2, 0) is 21.2 Å². The van der Waals surface area contributed by atoms with E-state index in [0.29, 0.717) is 12.8 Å². The van der Waals surface area contributed by atoms with Crippen LogP contribution in [0, 0.1) is 5.92 Å². The number of nitrogens with one attached hydrogen (secondary N) is 1. The average Bonchev–Trinajstić information content (AvgIpc) is 3.01. The summed E-state index contributed by atoms with van der Waals surface area (Å²) >= 11 is 0. The van der Waals surface area contributed by atoms with Gasteiger partial charge in [0.1, 0.15) is 10.7 Å². The predicted molar refractivity (Wildman–Crippen MR) is 96.4 cm³/mol. The van der Waals surface area contributed by atoms with E-state index in [0.717, 1.165) is 19.3 Å². The lowest BCUT2D eigenvalue weighted by Crippen LogP contribution is -2.59. The number of rotatable bonds is 6. The Morgan fingerprint density at radius 2 is 2.16 bits per heavy atom. The fourth-order valence-corrected chi connectivity index (χ4v) is 5.10. The lowest BCUT2D eigenvalue weighted by molar-refractivity contribution is 0.0563. The normalized spacial score (nSPS) is 23.8. The molecular weight excluding hydrogens is 368 g/mol. The van der Waals surface area contributed by atoms with Crippen molar-refractivity contribution in [2.24, 2.45) is 11.7 Å². The minimum atomic E-state index is -3.86. The van der Waals surface area contributed by atoms with Crippen LogP contribution in [0.15, 0.2) is 15.4 Å². The van der Waals surface area contributed by atoms with Gasteiger partial charge in [-0.25, -0.2) is 17.9 Å². The summed E-state index contributed by atoms with van der Waals surface area (Å²) in [5.41, 5.74) is 5.27. The summed E-state index contributed by atoms with van der Waals surface area (Å²) < 4.78 is 38.6. The van der Waals surface area contributed by atoms with Crippen molar-refractivity contribution in [2.75, 3.05) is 13.7 Å². The molecule has 1 fully saturated rings. The summed E-state index contributed by atoms with van der Waals surface area (Å²) in [7, 11) is -2.64. The van der Waals surface area contributed by atoms with Crippen molar-refractivity contribution in [3.63, 3.8) is 0 Å². The summed E-state index contributed by atoms with van der Waals surface area (Å²) in [4.78, 5) is 11.6. The van der Waals surface area contributed by atoms with Crippen molar-refractivity contribution in [3.8, 4) is 0 Å². The number of halogens is 1. The van der Waals surface area contributed by atoms with Crippen molar-refractivity contribution >= 4 is 28.4 Å². The minimum absolute atomic E-state index is 0. The number of nitrogens with two attached hydrogens (primary N) is 1. The molecule has 0 spiro atoms. The summed E-state index contributed by atoms with van der Waals surface area (Å²) in [6.45, 7) is 4.02. The maximum Gasteiger partial charge on any atom is 0.373 e. The third-order valence-electron chi connectivity index (χ3n) is 4.92. The van der Waals surface area contributed by atoms with E-state index in [1.165, 1.54) is 13.2 Å². The Balaban J connectivity index is 0.00000312. The number of hydrogen-bond donors (Lipinski definition) is 2. The Bertz CT molecular complexity index is 703. The van der Waals surface area contributed by atoms with Crippen LogP contribution in [0.2, 0.25) is 0 Å². The molecule has 25 heavy (non-hydrogen) atoms. The second-order valence-electron chi connectivity index (χ2n) is 6.36. The molecule has 3 N–H and O–H groups in total. The lowest BCUT2D eigenvalue weighted by atomic mass is 9.74. The average molecular weight is 395 g/mol. The standard InChI is InChI=1S/C16H26N2O5S.ClH/c1-4-12-14(9-13(23-12)15(19)22-3)24(20,21)18-16(10-17)8-6-5-7-11(16)2;/h9,11,18H,4-8,10,17H2,1-3H3;1H. The van der Waals surface area contributed by atoms with Crippen LogP contribution in [-0.4, -0.2) is 33.6 Å². The highest BCUT2D eigenvalue weighted by atomic mass is 35.5. The number of carbonyl (C=O) groups is 1. The maximum atomic E-state index is 12.9. The fourth-order valence-electron chi connectivity index (χ4n) is 3.32. The minimum Gasteiger partial charge on any atom is -0.463 e. The fraction of sp³-hybridized carbons (Fsp3) is 0.688. The van der Waals surface area contributed by atoms with Gasteiger partial charge in [0.2, 0.25) is 15.8 Å². The van der Waals surface area contributed by atoms with Crippen molar-refractivity contribution in [1.29, 1.82) is 0 Å². The molecule has 2 rings (SSSR count). The highest BCUT2D eigenvalue weighted by Crippen LogP contribution is 2.35. The number of furan rings is 1. The summed E-state index contributed by atoms with van der Waals surface area (Å²) in [6, 6.07) is 1.23. The lowest BCUT2D eigenvalue weighted by Gasteiger charge is -2.42. The van der Waals surface area contributed by atoms with Crippen LogP contribution in [0.3, 0.4) is 0 Å². The van der Waals surface area contributed by atoms with Crippen molar-refractivity contribution in [3.05, 3.63) is 17.6 Å². The van der Waals surface area contributed by atoms with Gasteiger partial charge in [0.05, 0.1) is 7.11 Å². The SMILES string of the molecule is CCc1oc(C(=O)OC)cc1S(=O)(=O)NC1(CN)CCCCC1C.Cl. The smallest absolute Gasteiger partial charge is 0.373 e. The zero-order valence-electron chi connectivity index (χ0n) is 14.8. The molecule has 7 nitrogen and oxygen atoms in total. The molecule has 2 atom stereocenters. The first-order valence-corrected chi connectivity index (χ1v) is 9.73. The molecule has 1 heterocycles. The Labute approximate surface area is 155 Å². The van der Waals surface area contributed by atoms with Crippen molar-refractivity contribution < 1.29 is 22.4 Å². The van der Waals surface area contributed by atoms with Crippen molar-refractivity contribution in [1.82, 2.24) is 4.72 Å². The largest absolute Gasteiger partial charge is 0.463 e. The second kappa shape index (κ2) is 8.53. The summed E-state index contributed by atoms with van der Waals surface area (Å²) in [5, 5.41) is 0. The third-order valence-corrected chi connectivity index (χ3v) is 6.52. The first-order valence-electron chi connectivity index (χ1n) is 8.24. The van der Waals surface area contributed by atoms with E-state index >= 15 is 0 Å². The molecule has 1 aromatic rings. The molecule has 9 heteroatoms. The van der Waals surface area contributed by atoms with Gasteiger partial charge < -0.3 is 14.9 Å². The van der Waals surface area contributed by atoms with Gasteiger partial charge in [-0.3, -0.25) is 0 Å². The molecule has 0 aliphatic heterocycles. The number of carbonyl (C=O) groups excluding carboxylic acids is 1. The van der Waals surface area contributed by atoms with Gasteiger partial charge in [-0.15, -0.1) is 12.4 Å². The van der Waals surface area contributed by atoms with Gasteiger partial charge in [0.25, 0.3) is 0 Å². The highest BCUT2D eigenvalue weighted by Gasteiger charge is 2.41. The third kappa shape index (κ3) is 4.36. The first-order chi connectivity index (χ1) is 11.3. The number of sulfonamides is 1. The number of methoxy groups -OCH3 is 1. The molecule has 0 amide bonds. The van der Waals surface area contributed by atoms with Gasteiger partial charge in [-0.1, -0.05) is 26.7 Å². The highest BCUT2D eigenvalue weighted by molar-refractivity contribution is 7.89. The summed E-state index contributed by atoms with van der Waals surface area (Å²) in [6.07, 6.45) is 3.98. The van der Waals surface area contributed by atoms with E-state index in [2.05, 4.69) is 9.46 Å². The predicted octanol–water partition coefficient (Wildman–Crippen LogP) is 2.24. The number of ether oxygens (including phenoxy) is 1. The maximum absolute atomic E-state index is 12.9. The van der Waals surface area contributed by atoms with Crippen LogP contribution in [0.1, 0.15) is 55.8 Å². The van der Waals surface area contributed by atoms with E-state index in [4.69, 9.17) is 10.2 Å². The Morgan fingerprint density at radius 3 is 2.68 bits per heavy atom. The molecule has 144 valence electrons. The zero-order chi connectivity index (χ0) is 18.0. The quantitative estimate of drug-likeness (QED) is 0.715. The van der Waals surface area contributed by atoms with Gasteiger partial charge in [0, 0.05) is 24.6 Å². The van der Waals surface area contributed by atoms with Gasteiger partial charge >= 0.3 is 5.97 Å². The van der Waals surface area contributed by atoms with Crippen LogP contribution < -0.4 is 10.5 Å². The number of hydrogen-bond acceptors (Lipinski definition) is 6. The van der Waals surface area contributed by atoms with Gasteiger partial charge in [-0.05, 0) is 18.8 Å². The number of aryl methyl sites for hydroxylation is 1. The van der Waals surface area contributed by atoms with E-state index in [9.17, 15) is 13.2 Å². The van der Waals surface area contributed by atoms with E-state index in [1.807, 2.05) is 6.92 Å². The Morgan fingerprint density at radius 1 is 1.48 bits per heavy atom. The topological polar surface area (TPSA) is 112 Å². The Kier molecular flexibility index (Phi) is 7.49. The molecule has 1 aliphatic rings. The van der Waals surface area contributed by atoms with E-state index in [1.54, 1.807) is 6.92 Å². The van der Waals surface area contributed by atoms with Crippen LogP contribution in [0.4, 0.5) is 0 Å². The van der Waals surface area contributed by atoms with Gasteiger partial charge in [-0.2, -0.15) is 0 Å². The first kappa shape index (κ1) is 22.0. The summed E-state index contributed by atoms with van der Waals surface area (Å²) in [5.74, 6) is -0.444.